The van der Waals surface area contributed by atoms with Gasteiger partial charge in [-0.2, -0.15) is 4.98 Å². The first-order valence-electron chi connectivity index (χ1n) is 9.20. The molecular weight excluding hydrogens is 372 g/mol. The summed E-state index contributed by atoms with van der Waals surface area (Å²) >= 11 is 0. The molecular formula is C21H20N4O4. The van der Waals surface area contributed by atoms with Crippen LogP contribution in [0.25, 0.3) is 22.3 Å². The number of rotatable bonds is 5. The van der Waals surface area contributed by atoms with Crippen LogP contribution in [0.15, 0.2) is 62.6 Å². The van der Waals surface area contributed by atoms with Crippen molar-refractivity contribution in [3.05, 3.63) is 75.3 Å². The summed E-state index contributed by atoms with van der Waals surface area (Å²) in [5.41, 5.74) is 0.586. The lowest BCUT2D eigenvalue weighted by atomic mass is 10.2. The number of ether oxygens (including phenoxy) is 1. The van der Waals surface area contributed by atoms with Gasteiger partial charge in [0.25, 0.3) is 5.56 Å². The summed E-state index contributed by atoms with van der Waals surface area (Å²) in [6, 6.07) is 14.0. The fourth-order valence-corrected chi connectivity index (χ4v) is 3.26. The lowest BCUT2D eigenvalue weighted by molar-refractivity contribution is 0.368. The number of para-hydroxylation sites is 1. The second kappa shape index (κ2) is 7.38. The van der Waals surface area contributed by atoms with E-state index in [9.17, 15) is 9.59 Å². The molecule has 8 heteroatoms. The average Bonchev–Trinajstić information content (AvgIpc) is 3.20. The van der Waals surface area contributed by atoms with Crippen molar-refractivity contribution in [2.45, 2.75) is 26.4 Å². The minimum Gasteiger partial charge on any atom is -0.497 e. The first-order chi connectivity index (χ1) is 14.0. The second-order valence-electron chi connectivity index (χ2n) is 6.89. The molecule has 0 aliphatic heterocycles. The van der Waals surface area contributed by atoms with Gasteiger partial charge in [0, 0.05) is 11.6 Å². The Bertz CT molecular complexity index is 1280. The Morgan fingerprint density at radius 3 is 2.48 bits per heavy atom. The van der Waals surface area contributed by atoms with Crippen molar-refractivity contribution in [1.82, 2.24) is 19.3 Å². The van der Waals surface area contributed by atoms with Gasteiger partial charge >= 0.3 is 5.69 Å². The third-order valence-electron chi connectivity index (χ3n) is 4.71. The summed E-state index contributed by atoms with van der Waals surface area (Å²) in [4.78, 5) is 30.2. The molecule has 0 spiro atoms. The predicted octanol–water partition coefficient (Wildman–Crippen LogP) is 2.85. The molecule has 8 nitrogen and oxygen atoms in total. The topological polar surface area (TPSA) is 92.2 Å². The van der Waals surface area contributed by atoms with Crippen LogP contribution in [-0.2, 0) is 6.54 Å². The van der Waals surface area contributed by atoms with Crippen molar-refractivity contribution in [2.75, 3.05) is 7.11 Å². The van der Waals surface area contributed by atoms with Gasteiger partial charge in [0.2, 0.25) is 11.7 Å². The fourth-order valence-electron chi connectivity index (χ4n) is 3.26. The Hall–Kier alpha value is -3.68. The van der Waals surface area contributed by atoms with Crippen LogP contribution in [0.2, 0.25) is 0 Å². The normalized spacial score (nSPS) is 11.3. The van der Waals surface area contributed by atoms with Crippen molar-refractivity contribution in [1.29, 1.82) is 0 Å². The molecule has 0 unspecified atom stereocenters. The minimum absolute atomic E-state index is 0.0650. The molecule has 0 atom stereocenters. The van der Waals surface area contributed by atoms with Crippen LogP contribution < -0.4 is 16.0 Å². The molecule has 0 saturated heterocycles. The fraction of sp³-hybridized carbons (Fsp3) is 0.238. The quantitative estimate of drug-likeness (QED) is 0.519. The number of aromatic nitrogens is 4. The van der Waals surface area contributed by atoms with Crippen LogP contribution in [0.4, 0.5) is 0 Å². The maximum Gasteiger partial charge on any atom is 0.332 e. The average molecular weight is 392 g/mol. The number of benzene rings is 2. The predicted molar refractivity (Wildman–Crippen MR) is 108 cm³/mol. The smallest absolute Gasteiger partial charge is 0.332 e. The Morgan fingerprint density at radius 1 is 1.07 bits per heavy atom. The van der Waals surface area contributed by atoms with Crippen molar-refractivity contribution in [3.8, 4) is 17.1 Å². The second-order valence-corrected chi connectivity index (χ2v) is 6.89. The van der Waals surface area contributed by atoms with Gasteiger partial charge in [0.1, 0.15) is 12.3 Å². The van der Waals surface area contributed by atoms with Crippen LogP contribution in [0, 0.1) is 0 Å². The molecule has 0 bridgehead atoms. The molecule has 148 valence electrons. The molecule has 2 aromatic carbocycles. The largest absolute Gasteiger partial charge is 0.497 e. The van der Waals surface area contributed by atoms with E-state index in [0.717, 1.165) is 11.3 Å². The van der Waals surface area contributed by atoms with Crippen molar-refractivity contribution >= 4 is 10.9 Å². The molecule has 0 N–H and O–H groups in total. The standard InChI is InChI=1S/C21H20N4O4/c1-13(2)25-20(26)16-6-4-5-7-17(16)24(21(25)27)12-18-22-19(23-29-18)14-8-10-15(28-3)11-9-14/h4-11,13H,12H2,1-3H3. The van der Waals surface area contributed by atoms with Crippen molar-refractivity contribution < 1.29 is 9.26 Å². The van der Waals surface area contributed by atoms with Gasteiger partial charge in [0.15, 0.2) is 0 Å². The first kappa shape index (κ1) is 18.7. The number of hydrogen-bond acceptors (Lipinski definition) is 6. The highest BCUT2D eigenvalue weighted by molar-refractivity contribution is 5.77. The maximum atomic E-state index is 13.0. The number of methoxy groups -OCH3 is 1. The molecule has 4 rings (SSSR count). The van der Waals surface area contributed by atoms with E-state index in [4.69, 9.17) is 9.26 Å². The van der Waals surface area contributed by atoms with Gasteiger partial charge in [-0.1, -0.05) is 17.3 Å². The Morgan fingerprint density at radius 2 is 1.79 bits per heavy atom. The Kier molecular flexibility index (Phi) is 4.75. The number of nitrogens with zero attached hydrogens (tertiary/aromatic N) is 4. The Labute approximate surface area is 166 Å². The monoisotopic (exact) mass is 392 g/mol. The highest BCUT2D eigenvalue weighted by Crippen LogP contribution is 2.20. The SMILES string of the molecule is COc1ccc(-c2noc(Cn3c(=O)n(C(C)C)c(=O)c4ccccc43)n2)cc1. The molecule has 0 amide bonds. The van der Waals surface area contributed by atoms with E-state index in [1.54, 1.807) is 45.2 Å². The van der Waals surface area contributed by atoms with Gasteiger partial charge in [-0.3, -0.25) is 13.9 Å². The third-order valence-corrected chi connectivity index (χ3v) is 4.71. The summed E-state index contributed by atoms with van der Waals surface area (Å²) in [5.74, 6) is 1.42. The maximum absolute atomic E-state index is 13.0. The summed E-state index contributed by atoms with van der Waals surface area (Å²) < 4.78 is 13.3. The Balaban J connectivity index is 1.78. The summed E-state index contributed by atoms with van der Waals surface area (Å²) in [7, 11) is 1.60. The van der Waals surface area contributed by atoms with Gasteiger partial charge in [0.05, 0.1) is 18.0 Å². The molecule has 2 heterocycles. The molecule has 0 aliphatic carbocycles. The van der Waals surface area contributed by atoms with E-state index >= 15 is 0 Å². The molecule has 0 saturated carbocycles. The van der Waals surface area contributed by atoms with Crippen LogP contribution in [0.5, 0.6) is 5.75 Å². The number of hydrogen-bond donors (Lipinski definition) is 0. The van der Waals surface area contributed by atoms with Crippen LogP contribution in [0.3, 0.4) is 0 Å². The zero-order chi connectivity index (χ0) is 20.5. The lowest BCUT2D eigenvalue weighted by Crippen LogP contribution is -2.41. The van der Waals surface area contributed by atoms with Gasteiger partial charge < -0.3 is 9.26 Å². The van der Waals surface area contributed by atoms with Crippen LogP contribution >= 0.6 is 0 Å². The van der Waals surface area contributed by atoms with Gasteiger partial charge in [-0.05, 0) is 50.2 Å². The van der Waals surface area contributed by atoms with E-state index in [1.165, 1.54) is 9.13 Å². The van der Waals surface area contributed by atoms with Crippen molar-refractivity contribution in [3.63, 3.8) is 0 Å². The van der Waals surface area contributed by atoms with E-state index in [2.05, 4.69) is 10.1 Å². The molecule has 0 radical (unpaired) electrons. The first-order valence-corrected chi connectivity index (χ1v) is 9.20. The van der Waals surface area contributed by atoms with Crippen LogP contribution in [-0.4, -0.2) is 26.4 Å². The molecule has 0 fully saturated rings. The summed E-state index contributed by atoms with van der Waals surface area (Å²) in [5, 5.41) is 4.48. The van der Waals surface area contributed by atoms with Crippen LogP contribution in [0.1, 0.15) is 25.8 Å². The highest BCUT2D eigenvalue weighted by Gasteiger charge is 2.17. The van der Waals surface area contributed by atoms with E-state index < -0.39 is 5.69 Å². The third kappa shape index (κ3) is 3.33. The number of fused-ring (bicyclic) bond motifs is 1. The molecule has 0 aliphatic rings. The zero-order valence-electron chi connectivity index (χ0n) is 16.3. The van der Waals surface area contributed by atoms with E-state index in [0.29, 0.717) is 16.7 Å². The van der Waals surface area contributed by atoms with E-state index in [1.807, 2.05) is 24.3 Å². The summed E-state index contributed by atoms with van der Waals surface area (Å²) in [6.07, 6.45) is 0. The lowest BCUT2D eigenvalue weighted by Gasteiger charge is -2.14. The highest BCUT2D eigenvalue weighted by atomic mass is 16.5. The zero-order valence-corrected chi connectivity index (χ0v) is 16.3. The molecule has 29 heavy (non-hydrogen) atoms. The molecule has 4 aromatic rings. The van der Waals surface area contributed by atoms with E-state index in [-0.39, 0.29) is 24.0 Å². The summed E-state index contributed by atoms with van der Waals surface area (Å²) in [6.45, 7) is 3.67. The van der Waals surface area contributed by atoms with Gasteiger partial charge in [-0.15, -0.1) is 0 Å². The molecule has 2 aromatic heterocycles. The van der Waals surface area contributed by atoms with Crippen molar-refractivity contribution in [2.24, 2.45) is 0 Å². The van der Waals surface area contributed by atoms with Gasteiger partial charge in [-0.25, -0.2) is 4.79 Å². The minimum atomic E-state index is -0.409.